The number of anilines is 1. The van der Waals surface area contributed by atoms with Crippen molar-refractivity contribution in [1.82, 2.24) is 0 Å². The molecule has 0 aliphatic rings. The number of nitrogens with zero attached hydrogens (tertiary/aromatic N) is 1. The molecule has 0 aromatic heterocycles. The predicted molar refractivity (Wildman–Crippen MR) is 74.5 cm³/mol. The van der Waals surface area contributed by atoms with Crippen LogP contribution in [-0.4, -0.2) is 0 Å². The topological polar surface area (TPSA) is 59.0 Å². The lowest BCUT2D eigenvalue weighted by Gasteiger charge is -2.11. The molecule has 0 aliphatic carbocycles. The largest absolute Gasteiger partial charge is 0.455 e. The summed E-state index contributed by atoms with van der Waals surface area (Å²) in [6.07, 6.45) is 0. The summed E-state index contributed by atoms with van der Waals surface area (Å²) in [5.41, 5.74) is 7.93. The van der Waals surface area contributed by atoms with E-state index >= 15 is 0 Å². The molecule has 0 atom stereocenters. The SMILES string of the molecule is Cc1ccc(C#N)cc1Oc1ccc(Br)cc1N. The standard InChI is InChI=1S/C14H11BrN2O/c1-9-2-3-10(8-16)6-14(9)18-13-5-4-11(15)7-12(13)17/h2-7H,17H2,1H3. The van der Waals surface area contributed by atoms with Gasteiger partial charge in [-0.25, -0.2) is 0 Å². The lowest BCUT2D eigenvalue weighted by Crippen LogP contribution is -1.94. The van der Waals surface area contributed by atoms with Crippen LogP contribution in [-0.2, 0) is 0 Å². The molecule has 2 N–H and O–H groups in total. The van der Waals surface area contributed by atoms with Gasteiger partial charge in [-0.3, -0.25) is 0 Å². The molecule has 0 aliphatic heterocycles. The Morgan fingerprint density at radius 2 is 1.94 bits per heavy atom. The molecular formula is C14H11BrN2O. The molecule has 0 fully saturated rings. The molecule has 3 nitrogen and oxygen atoms in total. The highest BCUT2D eigenvalue weighted by molar-refractivity contribution is 9.10. The molecule has 0 heterocycles. The number of rotatable bonds is 2. The second kappa shape index (κ2) is 5.11. The first kappa shape index (κ1) is 12.5. The molecule has 0 unspecified atom stereocenters. The highest BCUT2D eigenvalue weighted by Crippen LogP contribution is 2.31. The van der Waals surface area contributed by atoms with E-state index in [1.54, 1.807) is 24.3 Å². The second-order valence-electron chi connectivity index (χ2n) is 3.88. The average Bonchev–Trinajstić information content (AvgIpc) is 2.35. The molecule has 2 aromatic carbocycles. The van der Waals surface area contributed by atoms with Gasteiger partial charge in [0.15, 0.2) is 0 Å². The van der Waals surface area contributed by atoms with Crippen molar-refractivity contribution in [3.8, 4) is 17.6 Å². The summed E-state index contributed by atoms with van der Waals surface area (Å²) in [4.78, 5) is 0. The third kappa shape index (κ3) is 2.63. The summed E-state index contributed by atoms with van der Waals surface area (Å²) in [6, 6.07) is 12.8. The molecule has 18 heavy (non-hydrogen) atoms. The maximum Gasteiger partial charge on any atom is 0.150 e. The van der Waals surface area contributed by atoms with Crippen molar-refractivity contribution >= 4 is 21.6 Å². The van der Waals surface area contributed by atoms with Gasteiger partial charge in [0, 0.05) is 4.47 Å². The van der Waals surface area contributed by atoms with Gasteiger partial charge in [0.1, 0.15) is 11.5 Å². The van der Waals surface area contributed by atoms with E-state index < -0.39 is 0 Å². The normalized spacial score (nSPS) is 9.83. The van der Waals surface area contributed by atoms with Gasteiger partial charge in [0.2, 0.25) is 0 Å². The van der Waals surface area contributed by atoms with Gasteiger partial charge in [-0.1, -0.05) is 22.0 Å². The van der Waals surface area contributed by atoms with Gasteiger partial charge in [0.25, 0.3) is 0 Å². The Morgan fingerprint density at radius 1 is 1.17 bits per heavy atom. The number of aryl methyl sites for hydroxylation is 1. The number of halogens is 1. The van der Waals surface area contributed by atoms with Crippen molar-refractivity contribution in [2.75, 3.05) is 5.73 Å². The van der Waals surface area contributed by atoms with Crippen LogP contribution in [0.25, 0.3) is 0 Å². The average molecular weight is 303 g/mol. The number of nitriles is 1. The van der Waals surface area contributed by atoms with E-state index in [2.05, 4.69) is 22.0 Å². The van der Waals surface area contributed by atoms with E-state index in [1.165, 1.54) is 0 Å². The zero-order valence-corrected chi connectivity index (χ0v) is 11.4. The number of hydrogen-bond acceptors (Lipinski definition) is 3. The molecule has 2 aromatic rings. The molecule has 4 heteroatoms. The Bertz CT molecular complexity index is 632. The van der Waals surface area contributed by atoms with Gasteiger partial charge in [-0.05, 0) is 42.8 Å². The van der Waals surface area contributed by atoms with E-state index in [9.17, 15) is 0 Å². The van der Waals surface area contributed by atoms with Crippen LogP contribution in [0.3, 0.4) is 0 Å². The summed E-state index contributed by atoms with van der Waals surface area (Å²) < 4.78 is 6.64. The van der Waals surface area contributed by atoms with Gasteiger partial charge in [0.05, 0.1) is 17.3 Å². The Morgan fingerprint density at radius 3 is 2.61 bits per heavy atom. The summed E-state index contributed by atoms with van der Waals surface area (Å²) in [5, 5.41) is 8.87. The smallest absolute Gasteiger partial charge is 0.150 e. The fourth-order valence-corrected chi connectivity index (χ4v) is 1.89. The maximum atomic E-state index is 8.87. The van der Waals surface area contributed by atoms with Crippen LogP contribution in [0.2, 0.25) is 0 Å². The first-order valence-electron chi connectivity index (χ1n) is 5.34. The minimum absolute atomic E-state index is 0.547. The fraction of sp³-hybridized carbons (Fsp3) is 0.0714. The number of nitrogen functional groups attached to an aromatic ring is 1. The van der Waals surface area contributed by atoms with E-state index in [4.69, 9.17) is 15.7 Å². The van der Waals surface area contributed by atoms with Gasteiger partial charge >= 0.3 is 0 Å². The third-order valence-corrected chi connectivity index (χ3v) is 3.00. The van der Waals surface area contributed by atoms with E-state index in [1.807, 2.05) is 19.1 Å². The molecule has 0 saturated carbocycles. The molecule has 0 spiro atoms. The van der Waals surface area contributed by atoms with Crippen molar-refractivity contribution in [2.45, 2.75) is 6.92 Å². The first-order chi connectivity index (χ1) is 8.60. The van der Waals surface area contributed by atoms with Crippen molar-refractivity contribution in [1.29, 1.82) is 5.26 Å². The molecule has 0 bridgehead atoms. The molecule has 0 radical (unpaired) electrons. The van der Waals surface area contributed by atoms with Crippen LogP contribution in [0, 0.1) is 18.3 Å². The van der Waals surface area contributed by atoms with Gasteiger partial charge < -0.3 is 10.5 Å². The molecule has 2 rings (SSSR count). The van der Waals surface area contributed by atoms with Crippen LogP contribution in [0.4, 0.5) is 5.69 Å². The maximum absolute atomic E-state index is 8.87. The number of nitrogens with two attached hydrogens (primary N) is 1. The minimum atomic E-state index is 0.547. The Labute approximate surface area is 114 Å². The highest BCUT2D eigenvalue weighted by Gasteiger charge is 2.06. The number of ether oxygens (including phenoxy) is 1. The van der Waals surface area contributed by atoms with Crippen molar-refractivity contribution in [2.24, 2.45) is 0 Å². The van der Waals surface area contributed by atoms with Crippen molar-refractivity contribution in [3.63, 3.8) is 0 Å². The molecule has 0 saturated heterocycles. The van der Waals surface area contributed by atoms with E-state index in [0.29, 0.717) is 22.7 Å². The fourth-order valence-electron chi connectivity index (χ4n) is 1.51. The quantitative estimate of drug-likeness (QED) is 0.853. The van der Waals surface area contributed by atoms with Crippen LogP contribution in [0.5, 0.6) is 11.5 Å². The van der Waals surface area contributed by atoms with Crippen molar-refractivity contribution < 1.29 is 4.74 Å². The highest BCUT2D eigenvalue weighted by atomic mass is 79.9. The van der Waals surface area contributed by atoms with E-state index in [-0.39, 0.29) is 0 Å². The zero-order valence-electron chi connectivity index (χ0n) is 9.77. The number of hydrogen-bond donors (Lipinski definition) is 1. The molecular weight excluding hydrogens is 292 g/mol. The Hall–Kier alpha value is -1.99. The summed E-state index contributed by atoms with van der Waals surface area (Å²) >= 11 is 3.34. The van der Waals surface area contributed by atoms with Crippen LogP contribution in [0.1, 0.15) is 11.1 Å². The minimum Gasteiger partial charge on any atom is -0.455 e. The first-order valence-corrected chi connectivity index (χ1v) is 6.13. The Balaban J connectivity index is 2.37. The van der Waals surface area contributed by atoms with E-state index in [0.717, 1.165) is 10.0 Å². The van der Waals surface area contributed by atoms with Gasteiger partial charge in [-0.2, -0.15) is 5.26 Å². The second-order valence-corrected chi connectivity index (χ2v) is 4.79. The van der Waals surface area contributed by atoms with Crippen molar-refractivity contribution in [3.05, 3.63) is 52.0 Å². The zero-order chi connectivity index (χ0) is 13.1. The van der Waals surface area contributed by atoms with Crippen LogP contribution in [0.15, 0.2) is 40.9 Å². The molecule has 0 amide bonds. The van der Waals surface area contributed by atoms with Crippen LogP contribution >= 0.6 is 15.9 Å². The predicted octanol–water partition coefficient (Wildman–Crippen LogP) is 4.00. The number of benzene rings is 2. The summed E-state index contributed by atoms with van der Waals surface area (Å²) in [6.45, 7) is 1.92. The lowest BCUT2D eigenvalue weighted by atomic mass is 10.1. The molecule has 90 valence electrons. The summed E-state index contributed by atoms with van der Waals surface area (Å²) in [7, 11) is 0. The summed E-state index contributed by atoms with van der Waals surface area (Å²) in [5.74, 6) is 1.22. The Kier molecular flexibility index (Phi) is 3.54. The van der Waals surface area contributed by atoms with Crippen LogP contribution < -0.4 is 10.5 Å². The third-order valence-electron chi connectivity index (χ3n) is 2.51. The lowest BCUT2D eigenvalue weighted by molar-refractivity contribution is 0.481. The monoisotopic (exact) mass is 302 g/mol. The van der Waals surface area contributed by atoms with Gasteiger partial charge in [-0.15, -0.1) is 0 Å².